The fourth-order valence-electron chi connectivity index (χ4n) is 1.66. The summed E-state index contributed by atoms with van der Waals surface area (Å²) < 4.78 is 0.889. The van der Waals surface area contributed by atoms with Gasteiger partial charge in [-0.1, -0.05) is 23.7 Å². The largest absolute Gasteiger partial charge is 0.251 e. The van der Waals surface area contributed by atoms with Crippen molar-refractivity contribution in [3.63, 3.8) is 0 Å². The first kappa shape index (κ1) is 11.6. The van der Waals surface area contributed by atoms with E-state index in [4.69, 9.17) is 11.6 Å². The van der Waals surface area contributed by atoms with Crippen LogP contribution in [0.1, 0.15) is 0 Å². The Morgan fingerprint density at radius 2 is 1.94 bits per heavy atom. The summed E-state index contributed by atoms with van der Waals surface area (Å²) in [5.74, 6) is 0. The van der Waals surface area contributed by atoms with Gasteiger partial charge in [-0.3, -0.25) is 4.98 Å². The predicted octanol–water partition coefficient (Wildman–Crippen LogP) is 4.11. The Balaban J connectivity index is 2.16. The number of nitrogens with zero attached hydrogens (tertiary/aromatic N) is 3. The van der Waals surface area contributed by atoms with Crippen molar-refractivity contribution in [3.8, 4) is 11.3 Å². The lowest BCUT2D eigenvalue weighted by molar-refractivity contribution is 1.22. The summed E-state index contributed by atoms with van der Waals surface area (Å²) in [7, 11) is 0. The third-order valence-corrected chi connectivity index (χ3v) is 3.16. The van der Waals surface area contributed by atoms with Gasteiger partial charge in [-0.25, -0.2) is 9.97 Å². The number of benzene rings is 1. The maximum atomic E-state index is 5.96. The molecular weight excluding hydrogens is 314 g/mol. The van der Waals surface area contributed by atoms with E-state index in [0.29, 0.717) is 10.7 Å². The molecule has 0 saturated carbocycles. The molecule has 2 aromatic heterocycles. The summed E-state index contributed by atoms with van der Waals surface area (Å²) in [6.45, 7) is 0. The minimum atomic E-state index is 0.621. The van der Waals surface area contributed by atoms with Crippen molar-refractivity contribution in [1.82, 2.24) is 15.0 Å². The number of fused-ring (bicyclic) bond motifs is 1. The maximum absolute atomic E-state index is 5.96. The van der Waals surface area contributed by atoms with Gasteiger partial charge in [-0.2, -0.15) is 0 Å². The van der Waals surface area contributed by atoms with E-state index >= 15 is 0 Å². The van der Waals surface area contributed by atoms with Gasteiger partial charge in [-0.15, -0.1) is 0 Å². The van der Waals surface area contributed by atoms with Crippen molar-refractivity contribution in [2.24, 2.45) is 0 Å². The van der Waals surface area contributed by atoms with Gasteiger partial charge in [0.25, 0.3) is 0 Å². The SMILES string of the molecule is Clc1cccc(-c2cnc3cc(Br)cnc3n2)c1. The zero-order valence-corrected chi connectivity index (χ0v) is 11.5. The Hall–Kier alpha value is -1.52. The Kier molecular flexibility index (Phi) is 2.97. The van der Waals surface area contributed by atoms with E-state index in [0.717, 1.165) is 21.2 Å². The molecule has 18 heavy (non-hydrogen) atoms. The maximum Gasteiger partial charge on any atom is 0.178 e. The van der Waals surface area contributed by atoms with Crippen LogP contribution in [0.15, 0.2) is 47.2 Å². The van der Waals surface area contributed by atoms with E-state index in [-0.39, 0.29) is 0 Å². The molecule has 0 radical (unpaired) electrons. The highest BCUT2D eigenvalue weighted by Gasteiger charge is 2.04. The molecule has 0 atom stereocenters. The fourth-order valence-corrected chi connectivity index (χ4v) is 2.17. The van der Waals surface area contributed by atoms with E-state index in [9.17, 15) is 0 Å². The summed E-state index contributed by atoms with van der Waals surface area (Å²) in [5.41, 5.74) is 3.08. The van der Waals surface area contributed by atoms with Crippen LogP contribution in [0.25, 0.3) is 22.4 Å². The molecule has 0 saturated heterocycles. The van der Waals surface area contributed by atoms with Crippen LogP contribution in [-0.2, 0) is 0 Å². The Bertz CT molecular complexity index is 730. The molecule has 3 nitrogen and oxygen atoms in total. The third kappa shape index (κ3) is 2.21. The summed E-state index contributed by atoms with van der Waals surface area (Å²) in [6, 6.07) is 9.40. The molecule has 0 amide bonds. The van der Waals surface area contributed by atoms with Gasteiger partial charge < -0.3 is 0 Å². The fraction of sp³-hybridized carbons (Fsp3) is 0. The van der Waals surface area contributed by atoms with Crippen molar-refractivity contribution in [2.45, 2.75) is 0 Å². The molecule has 0 fully saturated rings. The van der Waals surface area contributed by atoms with Crippen LogP contribution in [0.5, 0.6) is 0 Å². The number of aromatic nitrogens is 3. The first-order valence-corrected chi connectivity index (χ1v) is 6.44. The number of hydrogen-bond donors (Lipinski definition) is 0. The topological polar surface area (TPSA) is 38.7 Å². The molecule has 88 valence electrons. The average molecular weight is 321 g/mol. The normalized spacial score (nSPS) is 10.8. The lowest BCUT2D eigenvalue weighted by Crippen LogP contribution is -1.91. The molecule has 0 N–H and O–H groups in total. The first-order valence-electron chi connectivity index (χ1n) is 5.26. The van der Waals surface area contributed by atoms with Crippen molar-refractivity contribution < 1.29 is 0 Å². The second-order valence-corrected chi connectivity index (χ2v) is 5.11. The smallest absolute Gasteiger partial charge is 0.178 e. The van der Waals surface area contributed by atoms with Crippen LogP contribution in [0.4, 0.5) is 0 Å². The van der Waals surface area contributed by atoms with Gasteiger partial charge in [0.15, 0.2) is 5.65 Å². The zero-order chi connectivity index (χ0) is 12.5. The molecule has 0 unspecified atom stereocenters. The second-order valence-electron chi connectivity index (χ2n) is 3.76. The van der Waals surface area contributed by atoms with Crippen LogP contribution < -0.4 is 0 Å². The molecule has 0 bridgehead atoms. The van der Waals surface area contributed by atoms with Crippen LogP contribution >= 0.6 is 27.5 Å². The number of pyridine rings is 1. The molecule has 3 rings (SSSR count). The first-order chi connectivity index (χ1) is 8.72. The Morgan fingerprint density at radius 3 is 2.78 bits per heavy atom. The number of rotatable bonds is 1. The number of hydrogen-bond acceptors (Lipinski definition) is 3. The van der Waals surface area contributed by atoms with Gasteiger partial charge in [0.05, 0.1) is 11.9 Å². The van der Waals surface area contributed by atoms with Gasteiger partial charge >= 0.3 is 0 Å². The summed E-state index contributed by atoms with van der Waals surface area (Å²) in [5, 5.41) is 0.679. The Labute approximate surface area is 117 Å². The van der Waals surface area contributed by atoms with E-state index in [2.05, 4.69) is 30.9 Å². The summed E-state index contributed by atoms with van der Waals surface area (Å²) in [4.78, 5) is 13.1. The van der Waals surface area contributed by atoms with Gasteiger partial charge in [0.1, 0.15) is 5.52 Å². The second kappa shape index (κ2) is 4.63. The van der Waals surface area contributed by atoms with Gasteiger partial charge in [-0.05, 0) is 34.1 Å². The minimum Gasteiger partial charge on any atom is -0.251 e. The summed E-state index contributed by atoms with van der Waals surface area (Å²) >= 11 is 9.32. The molecule has 0 aliphatic heterocycles. The highest BCUT2D eigenvalue weighted by atomic mass is 79.9. The van der Waals surface area contributed by atoms with Crippen molar-refractivity contribution >= 4 is 38.7 Å². The van der Waals surface area contributed by atoms with Crippen LogP contribution in [0.3, 0.4) is 0 Å². The standard InChI is InChI=1S/C13H7BrClN3/c14-9-5-11-13(17-6-9)18-12(7-16-11)8-2-1-3-10(15)4-8/h1-7H. The molecule has 1 aromatic carbocycles. The monoisotopic (exact) mass is 319 g/mol. The van der Waals surface area contributed by atoms with Gasteiger partial charge in [0, 0.05) is 21.3 Å². The van der Waals surface area contributed by atoms with E-state index in [1.54, 1.807) is 12.4 Å². The van der Waals surface area contributed by atoms with Crippen LogP contribution in [0.2, 0.25) is 5.02 Å². The molecule has 0 aliphatic carbocycles. The zero-order valence-electron chi connectivity index (χ0n) is 9.14. The molecular formula is C13H7BrClN3. The van der Waals surface area contributed by atoms with E-state index in [1.807, 2.05) is 30.3 Å². The highest BCUT2D eigenvalue weighted by molar-refractivity contribution is 9.10. The number of halogens is 2. The molecule has 2 heterocycles. The molecule has 3 aromatic rings. The highest BCUT2D eigenvalue weighted by Crippen LogP contribution is 2.22. The van der Waals surface area contributed by atoms with Crippen LogP contribution in [-0.4, -0.2) is 15.0 Å². The van der Waals surface area contributed by atoms with Crippen LogP contribution in [0, 0.1) is 0 Å². The lowest BCUT2D eigenvalue weighted by atomic mass is 10.1. The average Bonchev–Trinajstić information content (AvgIpc) is 2.38. The molecule has 5 heteroatoms. The van der Waals surface area contributed by atoms with Crippen molar-refractivity contribution in [1.29, 1.82) is 0 Å². The van der Waals surface area contributed by atoms with Crippen molar-refractivity contribution in [3.05, 3.63) is 52.2 Å². The van der Waals surface area contributed by atoms with E-state index in [1.165, 1.54) is 0 Å². The molecule has 0 aliphatic rings. The van der Waals surface area contributed by atoms with Crippen molar-refractivity contribution in [2.75, 3.05) is 0 Å². The summed E-state index contributed by atoms with van der Waals surface area (Å²) in [6.07, 6.45) is 3.43. The quantitative estimate of drug-likeness (QED) is 0.677. The lowest BCUT2D eigenvalue weighted by Gasteiger charge is -2.02. The van der Waals surface area contributed by atoms with E-state index < -0.39 is 0 Å². The predicted molar refractivity (Wildman–Crippen MR) is 75.5 cm³/mol. The Morgan fingerprint density at radius 1 is 1.06 bits per heavy atom. The van der Waals surface area contributed by atoms with Gasteiger partial charge in [0.2, 0.25) is 0 Å². The third-order valence-electron chi connectivity index (χ3n) is 2.49. The molecule has 0 spiro atoms. The minimum absolute atomic E-state index is 0.621.